The van der Waals surface area contributed by atoms with Gasteiger partial charge in [0.15, 0.2) is 0 Å². The van der Waals surface area contributed by atoms with Crippen LogP contribution >= 0.6 is 0 Å². The molecule has 0 bridgehead atoms. The van der Waals surface area contributed by atoms with Gasteiger partial charge < -0.3 is 10.2 Å². The lowest BCUT2D eigenvalue weighted by Gasteiger charge is -2.16. The standard InChI is InChI=1S/C20H25N3O2/c1-5-6-13-23(4)20(25)18-12-8-11-17(21-18)19(24)22-16-10-7-9-14(2)15(16)3/h7-12H,5-6,13H2,1-4H3,(H,22,24). The van der Waals surface area contributed by atoms with Crippen molar-refractivity contribution >= 4 is 17.5 Å². The second-order valence-electron chi connectivity index (χ2n) is 6.19. The fraction of sp³-hybridized carbons (Fsp3) is 0.350. The van der Waals surface area contributed by atoms with Crippen molar-refractivity contribution in [2.75, 3.05) is 18.9 Å². The van der Waals surface area contributed by atoms with E-state index < -0.39 is 0 Å². The summed E-state index contributed by atoms with van der Waals surface area (Å²) in [5.74, 6) is -0.491. The first kappa shape index (κ1) is 18.6. The topological polar surface area (TPSA) is 62.3 Å². The molecule has 0 aliphatic carbocycles. The summed E-state index contributed by atoms with van der Waals surface area (Å²) in [6, 6.07) is 10.7. The van der Waals surface area contributed by atoms with E-state index in [0.29, 0.717) is 6.54 Å². The SMILES string of the molecule is CCCCN(C)C(=O)c1cccc(C(=O)Nc2cccc(C)c2C)n1. The van der Waals surface area contributed by atoms with E-state index in [1.807, 2.05) is 32.0 Å². The average molecular weight is 339 g/mol. The summed E-state index contributed by atoms with van der Waals surface area (Å²) in [6.07, 6.45) is 1.96. The van der Waals surface area contributed by atoms with Crippen molar-refractivity contribution in [1.82, 2.24) is 9.88 Å². The first-order valence-corrected chi connectivity index (χ1v) is 8.54. The van der Waals surface area contributed by atoms with Crippen molar-refractivity contribution in [2.24, 2.45) is 0 Å². The van der Waals surface area contributed by atoms with Crippen LogP contribution in [0.3, 0.4) is 0 Å². The van der Waals surface area contributed by atoms with Gasteiger partial charge in [-0.15, -0.1) is 0 Å². The van der Waals surface area contributed by atoms with E-state index >= 15 is 0 Å². The van der Waals surface area contributed by atoms with Crippen LogP contribution in [0.15, 0.2) is 36.4 Å². The lowest BCUT2D eigenvalue weighted by molar-refractivity contribution is 0.0787. The van der Waals surface area contributed by atoms with Gasteiger partial charge in [-0.05, 0) is 49.6 Å². The Labute approximate surface area is 149 Å². The fourth-order valence-electron chi connectivity index (χ4n) is 2.45. The third kappa shape index (κ3) is 4.66. The summed E-state index contributed by atoms with van der Waals surface area (Å²) >= 11 is 0. The number of benzene rings is 1. The number of aryl methyl sites for hydroxylation is 1. The largest absolute Gasteiger partial charge is 0.340 e. The highest BCUT2D eigenvalue weighted by atomic mass is 16.2. The molecule has 0 spiro atoms. The summed E-state index contributed by atoms with van der Waals surface area (Å²) in [6.45, 7) is 6.71. The number of hydrogen-bond donors (Lipinski definition) is 1. The zero-order valence-corrected chi connectivity index (χ0v) is 15.3. The molecule has 1 aromatic carbocycles. The maximum absolute atomic E-state index is 12.5. The number of anilines is 1. The third-order valence-electron chi connectivity index (χ3n) is 4.25. The Hall–Kier alpha value is -2.69. The van der Waals surface area contributed by atoms with E-state index in [4.69, 9.17) is 0 Å². The van der Waals surface area contributed by atoms with Crippen molar-refractivity contribution in [1.29, 1.82) is 0 Å². The Morgan fingerprint density at radius 2 is 1.76 bits per heavy atom. The van der Waals surface area contributed by atoms with E-state index in [1.165, 1.54) is 0 Å². The quantitative estimate of drug-likeness (QED) is 0.870. The number of hydrogen-bond acceptors (Lipinski definition) is 3. The smallest absolute Gasteiger partial charge is 0.274 e. The number of carbonyl (C=O) groups excluding carboxylic acids is 2. The van der Waals surface area contributed by atoms with Crippen LogP contribution in [-0.2, 0) is 0 Å². The molecule has 0 saturated carbocycles. The Bertz CT molecular complexity index is 771. The molecular weight excluding hydrogens is 314 g/mol. The molecule has 0 saturated heterocycles. The van der Waals surface area contributed by atoms with Gasteiger partial charge in [0.05, 0.1) is 0 Å². The monoisotopic (exact) mass is 339 g/mol. The highest BCUT2D eigenvalue weighted by Crippen LogP contribution is 2.18. The second kappa shape index (κ2) is 8.42. The molecule has 1 heterocycles. The molecule has 25 heavy (non-hydrogen) atoms. The van der Waals surface area contributed by atoms with Gasteiger partial charge in [-0.2, -0.15) is 0 Å². The summed E-state index contributed by atoms with van der Waals surface area (Å²) in [5, 5.41) is 2.87. The lowest BCUT2D eigenvalue weighted by Crippen LogP contribution is -2.29. The third-order valence-corrected chi connectivity index (χ3v) is 4.25. The fourth-order valence-corrected chi connectivity index (χ4v) is 2.45. The highest BCUT2D eigenvalue weighted by Gasteiger charge is 2.16. The molecule has 0 aliphatic rings. The Morgan fingerprint density at radius 1 is 1.08 bits per heavy atom. The highest BCUT2D eigenvalue weighted by molar-refractivity contribution is 6.04. The molecule has 2 aromatic rings. The van der Waals surface area contributed by atoms with Crippen LogP contribution in [-0.4, -0.2) is 35.3 Å². The number of unbranched alkanes of at least 4 members (excludes halogenated alkanes) is 1. The number of aromatic nitrogens is 1. The van der Waals surface area contributed by atoms with Crippen molar-refractivity contribution < 1.29 is 9.59 Å². The van der Waals surface area contributed by atoms with E-state index in [0.717, 1.165) is 29.7 Å². The van der Waals surface area contributed by atoms with Crippen LogP contribution in [0.1, 0.15) is 51.9 Å². The molecule has 0 atom stereocenters. The van der Waals surface area contributed by atoms with Gasteiger partial charge >= 0.3 is 0 Å². The maximum atomic E-state index is 12.5. The van der Waals surface area contributed by atoms with Gasteiger partial charge in [0.1, 0.15) is 11.4 Å². The molecule has 0 radical (unpaired) electrons. The Kier molecular flexibility index (Phi) is 6.28. The van der Waals surface area contributed by atoms with Crippen LogP contribution in [0.2, 0.25) is 0 Å². The first-order chi connectivity index (χ1) is 11.9. The van der Waals surface area contributed by atoms with Gasteiger partial charge in [-0.1, -0.05) is 31.5 Å². The predicted octanol–water partition coefficient (Wildman–Crippen LogP) is 3.82. The maximum Gasteiger partial charge on any atom is 0.274 e. The minimum absolute atomic E-state index is 0.171. The van der Waals surface area contributed by atoms with Crippen molar-refractivity contribution in [3.8, 4) is 0 Å². The molecule has 1 N–H and O–H groups in total. The zero-order valence-electron chi connectivity index (χ0n) is 15.3. The summed E-state index contributed by atoms with van der Waals surface area (Å²) in [7, 11) is 1.75. The number of rotatable bonds is 6. The van der Waals surface area contributed by atoms with E-state index in [9.17, 15) is 9.59 Å². The minimum atomic E-state index is -0.320. The molecule has 1 aromatic heterocycles. The predicted molar refractivity (Wildman–Crippen MR) is 100.0 cm³/mol. The second-order valence-corrected chi connectivity index (χ2v) is 6.19. The van der Waals surface area contributed by atoms with Crippen LogP contribution in [0.4, 0.5) is 5.69 Å². The molecule has 2 amide bonds. The zero-order chi connectivity index (χ0) is 18.4. The number of nitrogens with zero attached hydrogens (tertiary/aromatic N) is 2. The number of nitrogens with one attached hydrogen (secondary N) is 1. The van der Waals surface area contributed by atoms with Crippen LogP contribution in [0.5, 0.6) is 0 Å². The van der Waals surface area contributed by atoms with Gasteiger partial charge in [-0.3, -0.25) is 9.59 Å². The van der Waals surface area contributed by atoms with E-state index in [1.54, 1.807) is 30.1 Å². The van der Waals surface area contributed by atoms with E-state index in [2.05, 4.69) is 17.2 Å². The van der Waals surface area contributed by atoms with Crippen LogP contribution in [0, 0.1) is 13.8 Å². The summed E-state index contributed by atoms with van der Waals surface area (Å²) in [5.41, 5.74) is 3.39. The first-order valence-electron chi connectivity index (χ1n) is 8.54. The summed E-state index contributed by atoms with van der Waals surface area (Å²) in [4.78, 5) is 30.8. The Balaban J connectivity index is 2.16. The molecule has 2 rings (SSSR count). The van der Waals surface area contributed by atoms with Crippen LogP contribution in [0.25, 0.3) is 0 Å². The van der Waals surface area contributed by atoms with Gasteiger partial charge in [0, 0.05) is 19.3 Å². The summed E-state index contributed by atoms with van der Waals surface area (Å²) < 4.78 is 0. The molecule has 132 valence electrons. The molecule has 5 heteroatoms. The number of amides is 2. The van der Waals surface area contributed by atoms with Crippen molar-refractivity contribution in [3.05, 3.63) is 58.9 Å². The van der Waals surface area contributed by atoms with Gasteiger partial charge in [0.25, 0.3) is 11.8 Å². The Morgan fingerprint density at radius 3 is 2.48 bits per heavy atom. The van der Waals surface area contributed by atoms with Crippen LogP contribution < -0.4 is 5.32 Å². The minimum Gasteiger partial charge on any atom is -0.340 e. The lowest BCUT2D eigenvalue weighted by atomic mass is 10.1. The van der Waals surface area contributed by atoms with Crippen molar-refractivity contribution in [3.63, 3.8) is 0 Å². The molecular formula is C20H25N3O2. The van der Waals surface area contributed by atoms with E-state index in [-0.39, 0.29) is 23.2 Å². The van der Waals surface area contributed by atoms with Gasteiger partial charge in [0.2, 0.25) is 0 Å². The molecule has 5 nitrogen and oxygen atoms in total. The van der Waals surface area contributed by atoms with Gasteiger partial charge in [-0.25, -0.2) is 4.98 Å². The molecule has 0 unspecified atom stereocenters. The number of pyridine rings is 1. The van der Waals surface area contributed by atoms with Crippen molar-refractivity contribution in [2.45, 2.75) is 33.6 Å². The number of carbonyl (C=O) groups is 2. The average Bonchev–Trinajstić information content (AvgIpc) is 2.62. The molecule has 0 aliphatic heterocycles. The molecule has 0 fully saturated rings. The normalized spacial score (nSPS) is 10.4.